The van der Waals surface area contributed by atoms with Crippen molar-refractivity contribution in [1.29, 1.82) is 0 Å². The van der Waals surface area contributed by atoms with E-state index >= 15 is 0 Å². The van der Waals surface area contributed by atoms with Crippen LogP contribution in [0.1, 0.15) is 0 Å². The van der Waals surface area contributed by atoms with Gasteiger partial charge in [-0.15, -0.1) is 23.2 Å². The quantitative estimate of drug-likeness (QED) is 0.350. The Morgan fingerprint density at radius 2 is 1.62 bits per heavy atom. The lowest BCUT2D eigenvalue weighted by atomic mass is 10.9. The van der Waals surface area contributed by atoms with Crippen molar-refractivity contribution in [2.24, 2.45) is 0 Å². The minimum Gasteiger partial charge on any atom is -0.238 e. The van der Waals surface area contributed by atoms with Gasteiger partial charge in [0.1, 0.15) is 4.84 Å². The van der Waals surface area contributed by atoms with E-state index < -0.39 is 20.0 Å². The zero-order valence-electron chi connectivity index (χ0n) is 3.67. The SMILES string of the molecule is F[Si](F)(F)CC(Cl)Cl. The lowest BCUT2D eigenvalue weighted by Gasteiger charge is -1.99. The fourth-order valence-corrected chi connectivity index (χ4v) is 1.57. The highest BCUT2D eigenvalue weighted by atomic mass is 35.5. The predicted octanol–water partition coefficient (Wildman–Crippen LogP) is 2.64. The highest BCUT2D eigenvalue weighted by Crippen LogP contribution is 2.22. The molecule has 8 heavy (non-hydrogen) atoms. The van der Waals surface area contributed by atoms with Gasteiger partial charge in [0.2, 0.25) is 0 Å². The van der Waals surface area contributed by atoms with Gasteiger partial charge in [-0.2, -0.15) is 0 Å². The highest BCUT2D eigenvalue weighted by Gasteiger charge is 2.38. The fourth-order valence-electron chi connectivity index (χ4n) is 0.175. The molecule has 0 N–H and O–H groups in total. The Balaban J connectivity index is 3.39. The van der Waals surface area contributed by atoms with Crippen molar-refractivity contribution in [3.63, 3.8) is 0 Å². The van der Waals surface area contributed by atoms with Gasteiger partial charge in [0.05, 0.1) is 6.04 Å². The number of halogens is 5. The number of alkyl halides is 2. The summed E-state index contributed by atoms with van der Waals surface area (Å²) in [7, 11) is -5.48. The van der Waals surface area contributed by atoms with Crippen LogP contribution >= 0.6 is 23.2 Å². The molecule has 0 radical (unpaired) electrons. The molecule has 6 heteroatoms. The molecule has 0 atom stereocenters. The van der Waals surface area contributed by atoms with Crippen LogP contribution < -0.4 is 0 Å². The van der Waals surface area contributed by atoms with Crippen LogP contribution in [0.5, 0.6) is 0 Å². The van der Waals surface area contributed by atoms with Crippen LogP contribution in [0, 0.1) is 0 Å². The van der Waals surface area contributed by atoms with Gasteiger partial charge in [-0.3, -0.25) is 0 Å². The van der Waals surface area contributed by atoms with E-state index in [-0.39, 0.29) is 0 Å². The Morgan fingerprint density at radius 1 is 1.25 bits per heavy atom. The zero-order chi connectivity index (χ0) is 6.78. The van der Waals surface area contributed by atoms with Gasteiger partial charge in [0.25, 0.3) is 0 Å². The number of rotatable bonds is 2. The summed E-state index contributed by atoms with van der Waals surface area (Å²) < 4.78 is 33.8. The molecule has 0 fully saturated rings. The maximum Gasteiger partial charge on any atom is 0.618 e. The van der Waals surface area contributed by atoms with Crippen molar-refractivity contribution in [1.82, 2.24) is 0 Å². The first-order valence-electron chi connectivity index (χ1n) is 1.77. The molecule has 0 aliphatic carbocycles. The average Bonchev–Trinajstić information content (AvgIpc) is 1.21. The Kier molecular flexibility index (Phi) is 3.15. The largest absolute Gasteiger partial charge is 0.618 e. The summed E-state index contributed by atoms with van der Waals surface area (Å²) in [4.78, 5) is -1.28. The van der Waals surface area contributed by atoms with Crippen molar-refractivity contribution < 1.29 is 12.3 Å². The normalized spacial score (nSPS) is 12.8. The van der Waals surface area contributed by atoms with Gasteiger partial charge in [0.15, 0.2) is 0 Å². The molecule has 0 amide bonds. The molecule has 0 aromatic heterocycles. The molecule has 0 unspecified atom stereocenters. The molecule has 0 saturated heterocycles. The van der Waals surface area contributed by atoms with E-state index in [4.69, 9.17) is 23.2 Å². The van der Waals surface area contributed by atoms with Crippen LogP contribution in [0.15, 0.2) is 0 Å². The molecule has 0 rings (SSSR count). The van der Waals surface area contributed by atoms with E-state index in [1.807, 2.05) is 0 Å². The van der Waals surface area contributed by atoms with Gasteiger partial charge >= 0.3 is 9.08 Å². The molecule has 50 valence electrons. The van der Waals surface area contributed by atoms with Gasteiger partial charge in [-0.1, -0.05) is 0 Å². The first kappa shape index (κ1) is 8.59. The van der Waals surface area contributed by atoms with E-state index in [2.05, 4.69) is 0 Å². The molecule has 0 heterocycles. The zero-order valence-corrected chi connectivity index (χ0v) is 6.19. The number of hydrogen-bond acceptors (Lipinski definition) is 0. The summed E-state index contributed by atoms with van der Waals surface area (Å²) in [5.41, 5.74) is 0. The van der Waals surface area contributed by atoms with Crippen molar-refractivity contribution >= 4 is 32.3 Å². The first-order valence-corrected chi connectivity index (χ1v) is 4.48. The molecular formula is C2H3Cl2F3Si. The fraction of sp³-hybridized carbons (Fsp3) is 1.00. The van der Waals surface area contributed by atoms with Crippen molar-refractivity contribution in [2.75, 3.05) is 0 Å². The van der Waals surface area contributed by atoms with Crippen molar-refractivity contribution in [3.05, 3.63) is 0 Å². The molecule has 0 nitrogen and oxygen atoms in total. The summed E-state index contributed by atoms with van der Waals surface area (Å²) in [6.45, 7) is 0. The lowest BCUT2D eigenvalue weighted by Crippen LogP contribution is -2.17. The molecule has 0 aliphatic rings. The van der Waals surface area contributed by atoms with Gasteiger partial charge in [0, 0.05) is 0 Å². The first-order chi connectivity index (χ1) is 3.42. The highest BCUT2D eigenvalue weighted by molar-refractivity contribution is 6.62. The van der Waals surface area contributed by atoms with Crippen LogP contribution in [0.2, 0.25) is 6.04 Å². The van der Waals surface area contributed by atoms with Crippen LogP contribution in [0.4, 0.5) is 12.3 Å². The molecule has 0 saturated carbocycles. The van der Waals surface area contributed by atoms with E-state index in [1.54, 1.807) is 0 Å². The van der Waals surface area contributed by atoms with Crippen LogP contribution in [0.3, 0.4) is 0 Å². The Morgan fingerprint density at radius 3 is 1.62 bits per heavy atom. The summed E-state index contributed by atoms with van der Waals surface area (Å²) in [6.07, 6.45) is 0. The Labute approximate surface area is 56.1 Å². The summed E-state index contributed by atoms with van der Waals surface area (Å²) in [5, 5.41) is 0. The van der Waals surface area contributed by atoms with Crippen molar-refractivity contribution in [3.8, 4) is 0 Å². The van der Waals surface area contributed by atoms with E-state index in [0.29, 0.717) is 0 Å². The van der Waals surface area contributed by atoms with E-state index in [1.165, 1.54) is 0 Å². The topological polar surface area (TPSA) is 0 Å². The lowest BCUT2D eigenvalue weighted by molar-refractivity contribution is 0.471. The minimum absolute atomic E-state index is 1.00. The van der Waals surface area contributed by atoms with Crippen LogP contribution in [-0.2, 0) is 0 Å². The molecule has 0 aromatic carbocycles. The molecule has 0 spiro atoms. The molecular weight excluding hydrogens is 180 g/mol. The molecule has 0 aromatic rings. The average molecular weight is 183 g/mol. The third-order valence-corrected chi connectivity index (χ3v) is 2.08. The second kappa shape index (κ2) is 2.94. The predicted molar refractivity (Wildman–Crippen MR) is 29.4 cm³/mol. The molecule has 0 bridgehead atoms. The summed E-state index contributed by atoms with van der Waals surface area (Å²) >= 11 is 9.69. The van der Waals surface area contributed by atoms with E-state index in [0.717, 1.165) is 0 Å². The number of hydrogen-bond donors (Lipinski definition) is 0. The molecule has 0 aliphatic heterocycles. The van der Waals surface area contributed by atoms with Crippen LogP contribution in [0.25, 0.3) is 0 Å². The van der Waals surface area contributed by atoms with Gasteiger partial charge in [-0.05, 0) is 0 Å². The van der Waals surface area contributed by atoms with Gasteiger partial charge < -0.3 is 0 Å². The third kappa shape index (κ3) is 6.59. The second-order valence-electron chi connectivity index (χ2n) is 1.21. The smallest absolute Gasteiger partial charge is 0.238 e. The van der Waals surface area contributed by atoms with E-state index in [9.17, 15) is 12.3 Å². The van der Waals surface area contributed by atoms with Crippen LogP contribution in [-0.4, -0.2) is 13.9 Å². The summed E-state index contributed by atoms with van der Waals surface area (Å²) in [6, 6.07) is -1.00. The summed E-state index contributed by atoms with van der Waals surface area (Å²) in [5.74, 6) is 0. The monoisotopic (exact) mass is 182 g/mol. The second-order valence-corrected chi connectivity index (χ2v) is 4.13. The minimum atomic E-state index is -5.48. The standard InChI is InChI=1S/C2H3Cl2F3Si/c3-2(4)1-8(5,6)7/h2H,1H2. The maximum atomic E-state index is 11.3. The Bertz CT molecular complexity index is 70.2. The third-order valence-electron chi connectivity index (χ3n) is 0.386. The maximum absolute atomic E-state index is 11.3. The Hall–Kier alpha value is 0.587. The van der Waals surface area contributed by atoms with Crippen molar-refractivity contribution in [2.45, 2.75) is 10.9 Å². The van der Waals surface area contributed by atoms with Gasteiger partial charge in [-0.25, -0.2) is 12.3 Å².